The molecule has 26 heavy (non-hydrogen) atoms. The van der Waals surface area contributed by atoms with Crippen LogP contribution in [0.3, 0.4) is 0 Å². The number of nitrogens with zero attached hydrogens (tertiary/aromatic N) is 2. The summed E-state index contributed by atoms with van der Waals surface area (Å²) < 4.78 is 37.3. The second-order valence-electron chi connectivity index (χ2n) is 5.35. The molecule has 1 heterocycles. The molecule has 0 bridgehead atoms. The van der Waals surface area contributed by atoms with Crippen molar-refractivity contribution in [1.29, 1.82) is 0 Å². The van der Waals surface area contributed by atoms with E-state index in [4.69, 9.17) is 20.9 Å². The van der Waals surface area contributed by atoms with E-state index >= 15 is 0 Å². The number of halogens is 1. The topological polar surface area (TPSA) is 94.3 Å². The minimum absolute atomic E-state index is 0.104. The minimum Gasteiger partial charge on any atom is -0.497 e. The van der Waals surface area contributed by atoms with Crippen molar-refractivity contribution in [1.82, 2.24) is 14.9 Å². The van der Waals surface area contributed by atoms with Crippen LogP contribution in [0.25, 0.3) is 11.4 Å². The fourth-order valence-corrected chi connectivity index (χ4v) is 3.58. The standard InChI is InChI=1S/C17H16ClN3O4S/c1-24-14-6-2-4-12(10-14)17-20-16(25-21-17)8-9-19-26(22,23)15-7-3-5-13(18)11-15/h2-7,10-11,19H,8-9H2,1H3. The lowest BCUT2D eigenvalue weighted by Crippen LogP contribution is -2.26. The summed E-state index contributed by atoms with van der Waals surface area (Å²) in [5.74, 6) is 1.43. The van der Waals surface area contributed by atoms with Crippen molar-refractivity contribution in [3.8, 4) is 17.1 Å². The van der Waals surface area contributed by atoms with Gasteiger partial charge in [0.05, 0.1) is 12.0 Å². The van der Waals surface area contributed by atoms with Gasteiger partial charge in [-0.2, -0.15) is 4.98 Å². The van der Waals surface area contributed by atoms with E-state index in [1.54, 1.807) is 25.3 Å². The number of methoxy groups -OCH3 is 1. The van der Waals surface area contributed by atoms with Gasteiger partial charge < -0.3 is 9.26 Å². The van der Waals surface area contributed by atoms with Crippen molar-refractivity contribution in [3.63, 3.8) is 0 Å². The van der Waals surface area contributed by atoms with E-state index in [0.717, 1.165) is 5.56 Å². The first-order valence-corrected chi connectivity index (χ1v) is 9.56. The zero-order chi connectivity index (χ0) is 18.6. The minimum atomic E-state index is -3.65. The maximum Gasteiger partial charge on any atom is 0.240 e. The third kappa shape index (κ3) is 4.40. The highest BCUT2D eigenvalue weighted by Gasteiger charge is 2.15. The SMILES string of the molecule is COc1cccc(-c2noc(CCNS(=O)(=O)c3cccc(Cl)c3)n2)c1. The molecule has 0 atom stereocenters. The summed E-state index contributed by atoms with van der Waals surface area (Å²) in [6.45, 7) is 0.120. The quantitative estimate of drug-likeness (QED) is 0.663. The van der Waals surface area contributed by atoms with Crippen molar-refractivity contribution in [2.45, 2.75) is 11.3 Å². The predicted octanol–water partition coefficient (Wildman–Crippen LogP) is 2.92. The second kappa shape index (κ2) is 7.86. The lowest BCUT2D eigenvalue weighted by atomic mass is 10.2. The third-order valence-corrected chi connectivity index (χ3v) is 5.23. The van der Waals surface area contributed by atoms with Crippen molar-refractivity contribution in [2.75, 3.05) is 13.7 Å². The molecule has 0 amide bonds. The first-order chi connectivity index (χ1) is 12.5. The maximum absolute atomic E-state index is 12.2. The number of rotatable bonds is 7. The number of nitrogens with one attached hydrogen (secondary N) is 1. The van der Waals surface area contributed by atoms with Crippen molar-refractivity contribution in [3.05, 3.63) is 59.4 Å². The summed E-state index contributed by atoms with van der Waals surface area (Å²) in [6.07, 6.45) is 0.261. The van der Waals surface area contributed by atoms with E-state index in [9.17, 15) is 8.42 Å². The fourth-order valence-electron chi connectivity index (χ4n) is 2.25. The van der Waals surface area contributed by atoms with Gasteiger partial charge in [0.2, 0.25) is 21.7 Å². The molecule has 0 aliphatic rings. The van der Waals surface area contributed by atoms with Crippen LogP contribution in [-0.4, -0.2) is 32.2 Å². The lowest BCUT2D eigenvalue weighted by molar-refractivity contribution is 0.379. The zero-order valence-electron chi connectivity index (χ0n) is 13.8. The number of sulfonamides is 1. The Labute approximate surface area is 156 Å². The molecule has 3 aromatic rings. The monoisotopic (exact) mass is 393 g/mol. The normalized spacial score (nSPS) is 11.5. The molecule has 3 rings (SSSR count). The average Bonchev–Trinajstić information content (AvgIpc) is 3.10. The van der Waals surface area contributed by atoms with Gasteiger partial charge in [-0.25, -0.2) is 13.1 Å². The third-order valence-electron chi connectivity index (χ3n) is 3.53. The zero-order valence-corrected chi connectivity index (χ0v) is 15.4. The molecule has 0 fully saturated rings. The largest absolute Gasteiger partial charge is 0.497 e. The Morgan fingerprint density at radius 1 is 1.19 bits per heavy atom. The van der Waals surface area contributed by atoms with E-state index in [-0.39, 0.29) is 17.9 Å². The highest BCUT2D eigenvalue weighted by molar-refractivity contribution is 7.89. The van der Waals surface area contributed by atoms with Gasteiger partial charge in [0.1, 0.15) is 5.75 Å². The van der Waals surface area contributed by atoms with Crippen LogP contribution in [0.4, 0.5) is 0 Å². The Morgan fingerprint density at radius 3 is 2.77 bits per heavy atom. The molecule has 0 radical (unpaired) electrons. The van der Waals surface area contributed by atoms with Gasteiger partial charge in [-0.1, -0.05) is 35.0 Å². The molecule has 2 aromatic carbocycles. The Morgan fingerprint density at radius 2 is 2.00 bits per heavy atom. The Balaban J connectivity index is 1.63. The first-order valence-electron chi connectivity index (χ1n) is 7.70. The molecule has 0 spiro atoms. The van der Waals surface area contributed by atoms with E-state index in [2.05, 4.69) is 14.9 Å². The van der Waals surface area contributed by atoms with Crippen molar-refractivity contribution >= 4 is 21.6 Å². The van der Waals surface area contributed by atoms with Gasteiger partial charge in [-0.05, 0) is 30.3 Å². The molecule has 1 aromatic heterocycles. The van der Waals surface area contributed by atoms with Gasteiger partial charge in [0, 0.05) is 23.6 Å². The van der Waals surface area contributed by atoms with E-state index in [0.29, 0.717) is 22.5 Å². The molecule has 0 aliphatic carbocycles. The fraction of sp³-hybridized carbons (Fsp3) is 0.176. The lowest BCUT2D eigenvalue weighted by Gasteiger charge is -2.05. The van der Waals surface area contributed by atoms with Gasteiger partial charge in [-0.3, -0.25) is 0 Å². The molecule has 0 saturated carbocycles. The van der Waals surface area contributed by atoms with Crippen LogP contribution in [0, 0.1) is 0 Å². The van der Waals surface area contributed by atoms with Crippen LogP contribution in [-0.2, 0) is 16.4 Å². The molecule has 0 unspecified atom stereocenters. The molecular formula is C17H16ClN3O4S. The van der Waals surface area contributed by atoms with E-state index < -0.39 is 10.0 Å². The van der Waals surface area contributed by atoms with Crippen molar-refractivity contribution < 1.29 is 17.7 Å². The van der Waals surface area contributed by atoms with Crippen LogP contribution in [0.1, 0.15) is 5.89 Å². The second-order valence-corrected chi connectivity index (χ2v) is 7.55. The van der Waals surface area contributed by atoms with Gasteiger partial charge >= 0.3 is 0 Å². The van der Waals surface area contributed by atoms with Crippen LogP contribution >= 0.6 is 11.6 Å². The molecule has 9 heteroatoms. The van der Waals surface area contributed by atoms with Gasteiger partial charge in [0.15, 0.2) is 0 Å². The van der Waals surface area contributed by atoms with Crippen LogP contribution in [0.2, 0.25) is 5.02 Å². The van der Waals surface area contributed by atoms with Crippen LogP contribution < -0.4 is 9.46 Å². The number of benzene rings is 2. The van der Waals surface area contributed by atoms with E-state index in [1.807, 2.05) is 18.2 Å². The summed E-state index contributed by atoms with van der Waals surface area (Å²) in [7, 11) is -2.07. The number of hydrogen-bond acceptors (Lipinski definition) is 6. The Bertz CT molecular complexity index is 1000. The van der Waals surface area contributed by atoms with Gasteiger partial charge in [-0.15, -0.1) is 0 Å². The highest BCUT2D eigenvalue weighted by Crippen LogP contribution is 2.21. The molecular weight excluding hydrogens is 378 g/mol. The molecule has 0 aliphatic heterocycles. The van der Waals surface area contributed by atoms with Crippen LogP contribution in [0.5, 0.6) is 5.75 Å². The Hall–Kier alpha value is -2.42. The van der Waals surface area contributed by atoms with Crippen LogP contribution in [0.15, 0.2) is 57.9 Å². The highest BCUT2D eigenvalue weighted by atomic mass is 35.5. The van der Waals surface area contributed by atoms with E-state index in [1.165, 1.54) is 12.1 Å². The summed E-state index contributed by atoms with van der Waals surface area (Å²) in [4.78, 5) is 4.38. The first kappa shape index (κ1) is 18.4. The summed E-state index contributed by atoms with van der Waals surface area (Å²) >= 11 is 5.83. The van der Waals surface area contributed by atoms with Crippen molar-refractivity contribution in [2.24, 2.45) is 0 Å². The number of hydrogen-bond donors (Lipinski definition) is 1. The number of aromatic nitrogens is 2. The molecule has 0 saturated heterocycles. The smallest absolute Gasteiger partial charge is 0.240 e. The summed E-state index contributed by atoms with van der Waals surface area (Å²) in [6, 6.07) is 13.3. The predicted molar refractivity (Wildman–Crippen MR) is 96.6 cm³/mol. The Kier molecular flexibility index (Phi) is 5.55. The summed E-state index contributed by atoms with van der Waals surface area (Å²) in [5.41, 5.74) is 0.749. The molecule has 1 N–H and O–H groups in total. The average molecular weight is 394 g/mol. The molecule has 7 nitrogen and oxygen atoms in total. The maximum atomic E-state index is 12.2. The summed E-state index contributed by atoms with van der Waals surface area (Å²) in [5, 5.41) is 4.26. The van der Waals surface area contributed by atoms with Gasteiger partial charge in [0.25, 0.3) is 0 Å². The molecule has 136 valence electrons. The number of ether oxygens (including phenoxy) is 1.